The molecule has 0 bridgehead atoms. The van der Waals surface area contributed by atoms with Crippen LogP contribution in [0.3, 0.4) is 0 Å². The highest BCUT2D eigenvalue weighted by atomic mass is 32.2. The second kappa shape index (κ2) is 5.86. The van der Waals surface area contributed by atoms with Gasteiger partial charge in [0.25, 0.3) is 10.2 Å². The molecule has 18 heavy (non-hydrogen) atoms. The Morgan fingerprint density at radius 3 is 1.83 bits per heavy atom. The third-order valence-electron chi connectivity index (χ3n) is 4.26. The van der Waals surface area contributed by atoms with E-state index in [1.54, 1.807) is 8.61 Å². The van der Waals surface area contributed by atoms with Gasteiger partial charge in [-0.3, -0.25) is 0 Å². The smallest absolute Gasteiger partial charge is 0.281 e. The van der Waals surface area contributed by atoms with Crippen LogP contribution < -0.4 is 5.32 Å². The van der Waals surface area contributed by atoms with Gasteiger partial charge in [0, 0.05) is 32.2 Å². The molecular formula is C12H25N3O2S. The molecule has 2 aliphatic rings. The number of nitrogens with one attached hydrogen (secondary N) is 1. The van der Waals surface area contributed by atoms with Gasteiger partial charge >= 0.3 is 0 Å². The van der Waals surface area contributed by atoms with Gasteiger partial charge in [0.2, 0.25) is 0 Å². The van der Waals surface area contributed by atoms with Gasteiger partial charge in [0.15, 0.2) is 0 Å². The first-order chi connectivity index (χ1) is 8.54. The highest BCUT2D eigenvalue weighted by Crippen LogP contribution is 2.22. The molecular weight excluding hydrogens is 250 g/mol. The van der Waals surface area contributed by atoms with Crippen molar-refractivity contribution < 1.29 is 8.42 Å². The summed E-state index contributed by atoms with van der Waals surface area (Å²) in [6.45, 7) is 4.88. The van der Waals surface area contributed by atoms with Crippen molar-refractivity contribution in [3.63, 3.8) is 0 Å². The largest absolute Gasteiger partial charge is 0.317 e. The van der Waals surface area contributed by atoms with Crippen molar-refractivity contribution in [2.75, 3.05) is 33.2 Å². The molecule has 0 atom stereocenters. The van der Waals surface area contributed by atoms with Gasteiger partial charge in [-0.1, -0.05) is 6.92 Å². The molecule has 0 amide bonds. The molecule has 2 aliphatic heterocycles. The minimum Gasteiger partial charge on any atom is -0.317 e. The molecule has 2 heterocycles. The zero-order valence-corrected chi connectivity index (χ0v) is 12.2. The predicted molar refractivity (Wildman–Crippen MR) is 72.5 cm³/mol. The quantitative estimate of drug-likeness (QED) is 0.823. The van der Waals surface area contributed by atoms with E-state index < -0.39 is 10.2 Å². The molecule has 0 unspecified atom stereocenters. The van der Waals surface area contributed by atoms with Crippen LogP contribution in [0, 0.1) is 5.92 Å². The van der Waals surface area contributed by atoms with Crippen molar-refractivity contribution in [1.29, 1.82) is 0 Å². The van der Waals surface area contributed by atoms with Crippen molar-refractivity contribution in [2.24, 2.45) is 5.92 Å². The van der Waals surface area contributed by atoms with Crippen molar-refractivity contribution >= 4 is 10.2 Å². The second-order valence-corrected chi connectivity index (χ2v) is 7.48. The summed E-state index contributed by atoms with van der Waals surface area (Å²) in [6.07, 6.45) is 3.82. The summed E-state index contributed by atoms with van der Waals surface area (Å²) in [7, 11) is -1.26. The summed E-state index contributed by atoms with van der Waals surface area (Å²) in [5, 5.41) is 3.23. The Hall–Kier alpha value is -0.170. The Balaban J connectivity index is 1.95. The van der Waals surface area contributed by atoms with Crippen LogP contribution in [0.1, 0.15) is 32.6 Å². The fraction of sp³-hybridized carbons (Fsp3) is 1.00. The number of rotatable bonds is 3. The average molecular weight is 275 g/mol. The van der Waals surface area contributed by atoms with E-state index in [1.807, 2.05) is 7.05 Å². The van der Waals surface area contributed by atoms with Gasteiger partial charge < -0.3 is 5.32 Å². The van der Waals surface area contributed by atoms with Gasteiger partial charge in [0.1, 0.15) is 0 Å². The molecule has 6 heteroatoms. The maximum Gasteiger partial charge on any atom is 0.281 e. The number of hydrogen-bond donors (Lipinski definition) is 1. The molecule has 2 rings (SSSR count). The van der Waals surface area contributed by atoms with Gasteiger partial charge in [-0.25, -0.2) is 0 Å². The molecule has 0 aromatic carbocycles. The summed E-state index contributed by atoms with van der Waals surface area (Å²) in [5.74, 6) is 0.659. The summed E-state index contributed by atoms with van der Waals surface area (Å²) in [6, 6.07) is 0.470. The van der Waals surface area contributed by atoms with Crippen molar-refractivity contribution in [3.8, 4) is 0 Å². The maximum absolute atomic E-state index is 12.5. The van der Waals surface area contributed by atoms with Crippen LogP contribution in [0.25, 0.3) is 0 Å². The normalized spacial score (nSPS) is 26.6. The zero-order chi connectivity index (χ0) is 13.2. The highest BCUT2D eigenvalue weighted by Gasteiger charge is 2.34. The van der Waals surface area contributed by atoms with Gasteiger partial charge in [0.05, 0.1) is 0 Å². The van der Waals surface area contributed by atoms with Crippen molar-refractivity contribution in [3.05, 3.63) is 0 Å². The Morgan fingerprint density at radius 1 is 0.944 bits per heavy atom. The minimum atomic E-state index is -3.20. The molecule has 2 saturated heterocycles. The van der Waals surface area contributed by atoms with Gasteiger partial charge in [-0.15, -0.1) is 0 Å². The highest BCUT2D eigenvalue weighted by molar-refractivity contribution is 7.86. The summed E-state index contributed by atoms with van der Waals surface area (Å²) < 4.78 is 28.3. The standard InChI is InChI=1S/C12H25N3O2S/c1-11-3-7-14(8-4-11)18(16,17)15-9-5-12(13-2)6-10-15/h11-13H,3-10H2,1-2H3. The number of hydrogen-bond acceptors (Lipinski definition) is 3. The van der Waals surface area contributed by atoms with Crippen LogP contribution in [-0.4, -0.2) is 56.3 Å². The first kappa shape index (κ1) is 14.2. The van der Waals surface area contributed by atoms with Crippen LogP contribution in [0.5, 0.6) is 0 Å². The number of piperidine rings is 2. The van der Waals surface area contributed by atoms with Gasteiger partial charge in [-0.2, -0.15) is 17.0 Å². The predicted octanol–water partition coefficient (Wildman–Crippen LogP) is 0.647. The van der Waals surface area contributed by atoms with Crippen LogP contribution in [0.4, 0.5) is 0 Å². The Bertz CT molecular complexity index is 356. The Labute approximate surface area is 111 Å². The summed E-state index contributed by atoms with van der Waals surface area (Å²) in [4.78, 5) is 0. The Kier molecular flexibility index (Phi) is 4.64. The fourth-order valence-electron chi connectivity index (χ4n) is 2.75. The minimum absolute atomic E-state index is 0.470. The SMILES string of the molecule is CNC1CCN(S(=O)(=O)N2CCC(C)CC2)CC1. The summed E-state index contributed by atoms with van der Waals surface area (Å²) in [5.41, 5.74) is 0. The van der Waals surface area contributed by atoms with Crippen LogP contribution in [0.15, 0.2) is 0 Å². The number of nitrogens with zero attached hydrogens (tertiary/aromatic N) is 2. The monoisotopic (exact) mass is 275 g/mol. The van der Waals surface area contributed by atoms with Crippen LogP contribution in [-0.2, 0) is 10.2 Å². The molecule has 0 spiro atoms. The van der Waals surface area contributed by atoms with Gasteiger partial charge in [-0.05, 0) is 38.6 Å². The fourth-order valence-corrected chi connectivity index (χ4v) is 4.43. The third kappa shape index (κ3) is 3.04. The van der Waals surface area contributed by atoms with E-state index in [0.717, 1.165) is 25.7 Å². The first-order valence-corrected chi connectivity index (χ1v) is 8.36. The first-order valence-electron chi connectivity index (χ1n) is 6.96. The van der Waals surface area contributed by atoms with E-state index >= 15 is 0 Å². The topological polar surface area (TPSA) is 52.7 Å². The maximum atomic E-state index is 12.5. The molecule has 106 valence electrons. The van der Waals surface area contributed by atoms with Crippen molar-refractivity contribution in [1.82, 2.24) is 13.9 Å². The lowest BCUT2D eigenvalue weighted by atomic mass is 10.0. The molecule has 0 aliphatic carbocycles. The molecule has 0 saturated carbocycles. The third-order valence-corrected chi connectivity index (χ3v) is 6.29. The van der Waals surface area contributed by atoms with Crippen LogP contribution in [0.2, 0.25) is 0 Å². The van der Waals surface area contributed by atoms with E-state index in [1.165, 1.54) is 0 Å². The van der Waals surface area contributed by atoms with Crippen molar-refractivity contribution in [2.45, 2.75) is 38.6 Å². The van der Waals surface area contributed by atoms with E-state index in [2.05, 4.69) is 12.2 Å². The molecule has 0 aromatic rings. The molecule has 0 radical (unpaired) electrons. The van der Waals surface area contributed by atoms with E-state index in [-0.39, 0.29) is 0 Å². The molecule has 1 N–H and O–H groups in total. The zero-order valence-electron chi connectivity index (χ0n) is 11.4. The average Bonchev–Trinajstić information content (AvgIpc) is 2.39. The second-order valence-electron chi connectivity index (χ2n) is 5.55. The molecule has 2 fully saturated rings. The van der Waals surface area contributed by atoms with Crippen LogP contribution >= 0.6 is 0 Å². The van der Waals surface area contributed by atoms with E-state index in [4.69, 9.17) is 0 Å². The summed E-state index contributed by atoms with van der Waals surface area (Å²) >= 11 is 0. The molecule has 5 nitrogen and oxygen atoms in total. The molecule has 0 aromatic heterocycles. The lowest BCUT2D eigenvalue weighted by molar-refractivity contribution is 0.242. The van der Waals surface area contributed by atoms with E-state index in [0.29, 0.717) is 38.1 Å². The van der Waals surface area contributed by atoms with E-state index in [9.17, 15) is 8.42 Å². The Morgan fingerprint density at radius 2 is 1.39 bits per heavy atom. The lowest BCUT2D eigenvalue weighted by Crippen LogP contribution is -2.51. The lowest BCUT2D eigenvalue weighted by Gasteiger charge is -2.37.